The first kappa shape index (κ1) is 33.6. The van der Waals surface area contributed by atoms with Crippen molar-refractivity contribution < 1.29 is 14.7 Å². The van der Waals surface area contributed by atoms with E-state index in [1.54, 1.807) is 12.1 Å². The second-order valence-corrected chi connectivity index (χ2v) is 17.8. The van der Waals surface area contributed by atoms with E-state index in [4.69, 9.17) is 0 Å². The summed E-state index contributed by atoms with van der Waals surface area (Å²) in [5.41, 5.74) is 3.71. The molecule has 6 heteroatoms. The van der Waals surface area contributed by atoms with Gasteiger partial charge in [-0.15, -0.1) is 0 Å². The molecule has 0 aromatic heterocycles. The van der Waals surface area contributed by atoms with Gasteiger partial charge in [0.25, 0.3) is 0 Å². The van der Waals surface area contributed by atoms with Gasteiger partial charge in [-0.25, -0.2) is 9.59 Å². The van der Waals surface area contributed by atoms with Gasteiger partial charge in [0.05, 0.1) is 5.56 Å². The molecule has 2 amide bonds. The maximum Gasteiger partial charge on any atom is 0.335 e. The number of carbonyl (C=O) groups is 2. The van der Waals surface area contributed by atoms with Gasteiger partial charge in [-0.05, 0) is 153 Å². The van der Waals surface area contributed by atoms with Gasteiger partial charge in [0.2, 0.25) is 0 Å². The number of carboxylic acid groups (broad SMARTS) is 1. The van der Waals surface area contributed by atoms with E-state index in [1.807, 2.05) is 24.1 Å². The number of benzene rings is 1. The van der Waals surface area contributed by atoms with Crippen LogP contribution in [0.4, 0.5) is 4.79 Å². The third-order valence-electron chi connectivity index (χ3n) is 15.2. The van der Waals surface area contributed by atoms with Crippen molar-refractivity contribution in [1.82, 2.24) is 15.1 Å². The van der Waals surface area contributed by atoms with Crippen LogP contribution in [0, 0.1) is 45.3 Å². The largest absolute Gasteiger partial charge is 0.478 e. The zero-order chi connectivity index (χ0) is 33.3. The number of hydrogen-bond donors (Lipinski definition) is 2. The van der Waals surface area contributed by atoms with Crippen LogP contribution in [0.2, 0.25) is 0 Å². The van der Waals surface area contributed by atoms with E-state index >= 15 is 0 Å². The zero-order valence-corrected chi connectivity index (χ0v) is 30.0. The van der Waals surface area contributed by atoms with Crippen molar-refractivity contribution in [1.29, 1.82) is 0 Å². The lowest BCUT2D eigenvalue weighted by Gasteiger charge is -2.72. The summed E-state index contributed by atoms with van der Waals surface area (Å²) < 4.78 is 0. The number of aromatic carboxylic acids is 1. The maximum atomic E-state index is 13.6. The number of rotatable bonds is 7. The van der Waals surface area contributed by atoms with Gasteiger partial charge in [0.15, 0.2) is 0 Å². The summed E-state index contributed by atoms with van der Waals surface area (Å²) in [6, 6.07) is 7.71. The van der Waals surface area contributed by atoms with E-state index in [0.717, 1.165) is 38.8 Å². The number of allylic oxidation sites excluding steroid dienone is 2. The third-order valence-corrected chi connectivity index (χ3v) is 15.2. The Morgan fingerprint density at radius 2 is 1.54 bits per heavy atom. The highest BCUT2D eigenvalue weighted by Crippen LogP contribution is 2.76. The van der Waals surface area contributed by atoms with Crippen LogP contribution in [-0.2, 0) is 0 Å². The molecule has 1 aromatic rings. The topological polar surface area (TPSA) is 72.9 Å². The van der Waals surface area contributed by atoms with Crippen LogP contribution in [0.1, 0.15) is 121 Å². The van der Waals surface area contributed by atoms with Crippen molar-refractivity contribution >= 4 is 17.6 Å². The Hall–Kier alpha value is -2.34. The summed E-state index contributed by atoms with van der Waals surface area (Å²) in [5, 5.41) is 13.1. The first-order valence-corrected chi connectivity index (χ1v) is 18.3. The fraction of sp³-hybridized carbons (Fsp3) is 0.750. The Morgan fingerprint density at radius 3 is 2.22 bits per heavy atom. The second-order valence-electron chi connectivity index (χ2n) is 17.8. The van der Waals surface area contributed by atoms with E-state index in [-0.39, 0.29) is 33.2 Å². The summed E-state index contributed by atoms with van der Waals surface area (Å²) in [7, 11) is 6.16. The lowest BCUT2D eigenvalue weighted by molar-refractivity contribution is -0.216. The second kappa shape index (κ2) is 11.7. The molecule has 8 atom stereocenters. The Morgan fingerprint density at radius 1 is 0.826 bits per heavy atom. The van der Waals surface area contributed by atoms with Crippen LogP contribution < -0.4 is 5.32 Å². The minimum atomic E-state index is -0.866. The first-order chi connectivity index (χ1) is 21.6. The molecule has 0 spiro atoms. The van der Waals surface area contributed by atoms with Crippen LogP contribution in [0.15, 0.2) is 30.3 Å². The number of urea groups is 1. The average molecular weight is 632 g/mol. The van der Waals surface area contributed by atoms with Crippen molar-refractivity contribution in [3.8, 4) is 0 Å². The van der Waals surface area contributed by atoms with Crippen LogP contribution >= 0.6 is 0 Å². The van der Waals surface area contributed by atoms with Crippen LogP contribution in [0.5, 0.6) is 0 Å². The Labute approximate surface area is 278 Å². The first-order valence-electron chi connectivity index (χ1n) is 18.3. The molecule has 0 bridgehead atoms. The molecule has 4 saturated carbocycles. The summed E-state index contributed by atoms with van der Waals surface area (Å²) in [6.45, 7) is 14.7. The molecule has 2 N–H and O–H groups in total. The van der Waals surface area contributed by atoms with Gasteiger partial charge in [-0.2, -0.15) is 0 Å². The van der Waals surface area contributed by atoms with Crippen LogP contribution in [0.3, 0.4) is 0 Å². The minimum Gasteiger partial charge on any atom is -0.478 e. The van der Waals surface area contributed by atoms with Gasteiger partial charge in [-0.3, -0.25) is 0 Å². The number of nitrogens with zero attached hydrogens (tertiary/aromatic N) is 2. The summed E-state index contributed by atoms with van der Waals surface area (Å²) in [6.07, 6.45) is 15.7. The lowest BCUT2D eigenvalue weighted by atomic mass is 9.33. The lowest BCUT2D eigenvalue weighted by Crippen LogP contribution is -2.68. The van der Waals surface area contributed by atoms with Crippen molar-refractivity contribution in [2.24, 2.45) is 45.3 Å². The predicted molar refractivity (Wildman–Crippen MR) is 187 cm³/mol. The number of fused-ring (bicyclic) bond motifs is 7. The molecule has 6 nitrogen and oxygen atoms in total. The fourth-order valence-corrected chi connectivity index (χ4v) is 12.7. The van der Waals surface area contributed by atoms with Gasteiger partial charge < -0.3 is 20.2 Å². The molecule has 6 rings (SSSR count). The average Bonchev–Trinajstić information content (AvgIpc) is 3.40. The van der Waals surface area contributed by atoms with Gasteiger partial charge in [0, 0.05) is 19.1 Å². The molecule has 254 valence electrons. The molecule has 1 aromatic carbocycles. The monoisotopic (exact) mass is 631 g/mol. The van der Waals surface area contributed by atoms with E-state index in [9.17, 15) is 14.7 Å². The third kappa shape index (κ3) is 5.06. The number of hydrogen-bond acceptors (Lipinski definition) is 3. The number of carbonyl (C=O) groups excluding carboxylic acids is 1. The van der Waals surface area contributed by atoms with Gasteiger partial charge in [-0.1, -0.05) is 59.2 Å². The number of carboxylic acids is 1. The Kier molecular flexibility index (Phi) is 8.51. The molecular weight excluding hydrogens is 570 g/mol. The summed E-state index contributed by atoms with van der Waals surface area (Å²) >= 11 is 0. The molecule has 7 unspecified atom stereocenters. The predicted octanol–water partition coefficient (Wildman–Crippen LogP) is 8.58. The van der Waals surface area contributed by atoms with Gasteiger partial charge >= 0.3 is 12.0 Å². The Bertz CT molecular complexity index is 1370. The van der Waals surface area contributed by atoms with Crippen LogP contribution in [-0.4, -0.2) is 66.7 Å². The molecule has 5 aliphatic rings. The molecule has 0 radical (unpaired) electrons. The van der Waals surface area contributed by atoms with Crippen molar-refractivity contribution in [2.75, 3.05) is 34.2 Å². The number of amides is 2. The Balaban J connectivity index is 1.24. The maximum absolute atomic E-state index is 13.6. The standard InChI is InChI=1S/C40H61N3O3/c1-36(2)29(27-12-14-28(15-13-27)34(44)45)18-21-37(3)32(36)19-22-39(5)33(37)17-16-30-31-11-9-20-40(31,24-23-38(30,39)4)41-35(46)43(8)26-10-25-42(6)7/h12-15,18,30-33H,9-11,16-17,19-26H2,1-8H3,(H,41,46)(H,44,45)/t30?,31?,32?,33?,37?,38-,39?,40?/m1/s1. The highest BCUT2D eigenvalue weighted by Gasteiger charge is 2.69. The smallest absolute Gasteiger partial charge is 0.335 e. The molecule has 5 aliphatic carbocycles. The van der Waals surface area contributed by atoms with Crippen molar-refractivity contribution in [2.45, 2.75) is 111 Å². The quantitative estimate of drug-likeness (QED) is 0.316. The molecule has 0 heterocycles. The summed E-state index contributed by atoms with van der Waals surface area (Å²) in [4.78, 5) is 29.2. The molecule has 0 aliphatic heterocycles. The van der Waals surface area contributed by atoms with E-state index in [1.165, 1.54) is 56.1 Å². The number of nitrogens with one attached hydrogen (secondary N) is 1. The molecule has 46 heavy (non-hydrogen) atoms. The van der Waals surface area contributed by atoms with Gasteiger partial charge in [0.1, 0.15) is 0 Å². The van der Waals surface area contributed by atoms with E-state index < -0.39 is 5.97 Å². The normalized spacial score (nSPS) is 39.4. The highest BCUT2D eigenvalue weighted by atomic mass is 16.4. The van der Waals surface area contributed by atoms with E-state index in [2.05, 4.69) is 65.0 Å². The fourth-order valence-electron chi connectivity index (χ4n) is 12.7. The SMILES string of the molecule is CN(C)CCCN(C)C(=O)NC12CCCC1C1CCC3C4(C)CC=C(c5ccc(C(=O)O)cc5)C(C)(C)C4CCC3(C)[C@]1(C)CC2. The van der Waals surface area contributed by atoms with Crippen molar-refractivity contribution in [3.63, 3.8) is 0 Å². The van der Waals surface area contributed by atoms with Crippen LogP contribution in [0.25, 0.3) is 5.57 Å². The summed E-state index contributed by atoms with van der Waals surface area (Å²) in [5.74, 6) is 1.65. The minimum absolute atomic E-state index is 0.0207. The molecule has 4 fully saturated rings. The molecule has 0 saturated heterocycles. The zero-order valence-electron chi connectivity index (χ0n) is 30.0. The highest BCUT2D eigenvalue weighted by molar-refractivity contribution is 5.88. The van der Waals surface area contributed by atoms with Crippen molar-refractivity contribution in [3.05, 3.63) is 41.5 Å². The van der Waals surface area contributed by atoms with E-state index in [0.29, 0.717) is 29.2 Å². The molecular formula is C40H61N3O3.